The lowest BCUT2D eigenvalue weighted by Gasteiger charge is -1.99. The summed E-state index contributed by atoms with van der Waals surface area (Å²) in [7, 11) is 0. The summed E-state index contributed by atoms with van der Waals surface area (Å²) in [5.74, 6) is -0.554. The van der Waals surface area contributed by atoms with Crippen LogP contribution < -0.4 is 0 Å². The summed E-state index contributed by atoms with van der Waals surface area (Å²) in [6.07, 6.45) is 1.56. The van der Waals surface area contributed by atoms with Crippen LogP contribution in [0.25, 0.3) is 5.65 Å². The summed E-state index contributed by atoms with van der Waals surface area (Å²) in [6, 6.07) is 5.09. The predicted molar refractivity (Wildman–Crippen MR) is 69.2 cm³/mol. The standard InChI is InChI=1S/C11H11N3O4S/c1-2-18-9(15)7-19-10-11(14(16)17)13-6-4-3-5-8(13)12-10/h3-6H,2,7H2,1H3. The van der Waals surface area contributed by atoms with E-state index in [-0.39, 0.29) is 23.2 Å². The Balaban J connectivity index is 2.29. The Morgan fingerprint density at radius 3 is 3.05 bits per heavy atom. The van der Waals surface area contributed by atoms with Gasteiger partial charge in [-0.2, -0.15) is 9.38 Å². The van der Waals surface area contributed by atoms with Crippen LogP contribution in [-0.2, 0) is 9.53 Å². The first-order valence-corrected chi connectivity index (χ1v) is 6.52. The zero-order valence-corrected chi connectivity index (χ0v) is 10.9. The fourth-order valence-electron chi connectivity index (χ4n) is 1.55. The molecule has 0 N–H and O–H groups in total. The van der Waals surface area contributed by atoms with Crippen molar-refractivity contribution in [2.24, 2.45) is 0 Å². The van der Waals surface area contributed by atoms with E-state index in [0.29, 0.717) is 5.65 Å². The van der Waals surface area contributed by atoms with Gasteiger partial charge in [-0.25, -0.2) is 0 Å². The molecule has 0 aliphatic rings. The fourth-order valence-corrected chi connectivity index (χ4v) is 2.35. The molecule has 2 rings (SSSR count). The van der Waals surface area contributed by atoms with E-state index in [2.05, 4.69) is 4.98 Å². The van der Waals surface area contributed by atoms with Crippen LogP contribution in [0.1, 0.15) is 6.92 Å². The molecule has 0 amide bonds. The molecule has 0 unspecified atom stereocenters. The smallest absolute Gasteiger partial charge is 0.361 e. The number of hydrogen-bond acceptors (Lipinski definition) is 6. The number of pyridine rings is 1. The van der Waals surface area contributed by atoms with E-state index in [0.717, 1.165) is 11.8 Å². The molecular weight excluding hydrogens is 270 g/mol. The van der Waals surface area contributed by atoms with Gasteiger partial charge in [0.1, 0.15) is 0 Å². The average Bonchev–Trinajstić information content (AvgIpc) is 2.75. The number of aromatic nitrogens is 2. The summed E-state index contributed by atoms with van der Waals surface area (Å²) in [6.45, 7) is 1.99. The van der Waals surface area contributed by atoms with Crippen LogP contribution in [0.15, 0.2) is 29.4 Å². The van der Waals surface area contributed by atoms with Crippen molar-refractivity contribution in [3.8, 4) is 0 Å². The summed E-state index contributed by atoms with van der Waals surface area (Å²) in [4.78, 5) is 26.0. The first kappa shape index (κ1) is 13.3. The van der Waals surface area contributed by atoms with E-state index >= 15 is 0 Å². The normalized spacial score (nSPS) is 10.6. The topological polar surface area (TPSA) is 86.7 Å². The zero-order valence-electron chi connectivity index (χ0n) is 10.1. The number of carbonyl (C=O) groups is 1. The minimum Gasteiger partial charge on any atom is -0.465 e. The van der Waals surface area contributed by atoms with Crippen molar-refractivity contribution in [2.45, 2.75) is 11.9 Å². The van der Waals surface area contributed by atoms with Crippen molar-refractivity contribution in [3.05, 3.63) is 34.5 Å². The minimum atomic E-state index is -0.506. The van der Waals surface area contributed by atoms with Gasteiger partial charge in [0.25, 0.3) is 0 Å². The molecule has 0 saturated heterocycles. The molecule has 0 radical (unpaired) electrons. The van der Waals surface area contributed by atoms with Gasteiger partial charge in [-0.1, -0.05) is 17.8 Å². The summed E-state index contributed by atoms with van der Waals surface area (Å²) in [5.41, 5.74) is 0.473. The molecule has 2 aromatic rings. The van der Waals surface area contributed by atoms with Crippen molar-refractivity contribution < 1.29 is 14.5 Å². The van der Waals surface area contributed by atoms with E-state index in [9.17, 15) is 14.9 Å². The summed E-state index contributed by atoms with van der Waals surface area (Å²) in [5, 5.41) is 11.3. The molecule has 0 aliphatic carbocycles. The van der Waals surface area contributed by atoms with Crippen LogP contribution in [0.5, 0.6) is 0 Å². The highest BCUT2D eigenvalue weighted by atomic mass is 32.2. The molecule has 7 nitrogen and oxygen atoms in total. The Bertz CT molecular complexity index is 625. The molecule has 0 atom stereocenters. The average molecular weight is 281 g/mol. The van der Waals surface area contributed by atoms with Crippen molar-refractivity contribution in [3.63, 3.8) is 0 Å². The van der Waals surface area contributed by atoms with Gasteiger partial charge in [-0.05, 0) is 17.9 Å². The van der Waals surface area contributed by atoms with Gasteiger partial charge in [0.15, 0.2) is 5.03 Å². The molecule has 0 aliphatic heterocycles. The number of carbonyl (C=O) groups excluding carboxylic acids is 1. The highest BCUT2D eigenvalue weighted by molar-refractivity contribution is 8.00. The van der Waals surface area contributed by atoms with Gasteiger partial charge in [0.05, 0.1) is 18.6 Å². The molecule has 8 heteroatoms. The van der Waals surface area contributed by atoms with E-state index in [1.807, 2.05) is 0 Å². The number of fused-ring (bicyclic) bond motifs is 1. The zero-order chi connectivity index (χ0) is 13.8. The highest BCUT2D eigenvalue weighted by Crippen LogP contribution is 2.29. The van der Waals surface area contributed by atoms with Crippen LogP contribution in [-0.4, -0.2) is 32.6 Å². The van der Waals surface area contributed by atoms with Crippen LogP contribution in [0.2, 0.25) is 0 Å². The first-order chi connectivity index (χ1) is 9.13. The number of imidazole rings is 1. The molecule has 0 fully saturated rings. The number of hydrogen-bond donors (Lipinski definition) is 0. The quantitative estimate of drug-likeness (QED) is 0.360. The number of esters is 1. The molecule has 19 heavy (non-hydrogen) atoms. The van der Waals surface area contributed by atoms with Gasteiger partial charge < -0.3 is 14.9 Å². The Hall–Kier alpha value is -2.09. The van der Waals surface area contributed by atoms with Gasteiger partial charge in [-0.15, -0.1) is 0 Å². The third-order valence-electron chi connectivity index (χ3n) is 2.28. The van der Waals surface area contributed by atoms with Crippen LogP contribution in [0.3, 0.4) is 0 Å². The number of thioether (sulfide) groups is 1. The maximum atomic E-state index is 11.3. The van der Waals surface area contributed by atoms with Crippen molar-refractivity contribution in [1.82, 2.24) is 9.38 Å². The van der Waals surface area contributed by atoms with Gasteiger partial charge >= 0.3 is 11.8 Å². The summed E-state index contributed by atoms with van der Waals surface area (Å²) < 4.78 is 6.16. The molecule has 100 valence electrons. The maximum Gasteiger partial charge on any atom is 0.361 e. The van der Waals surface area contributed by atoms with Crippen LogP contribution >= 0.6 is 11.8 Å². The molecule has 0 saturated carbocycles. The maximum absolute atomic E-state index is 11.3. The van der Waals surface area contributed by atoms with Crippen LogP contribution in [0.4, 0.5) is 5.82 Å². The monoisotopic (exact) mass is 281 g/mol. The third-order valence-corrected chi connectivity index (χ3v) is 3.21. The Kier molecular flexibility index (Phi) is 4.00. The number of rotatable bonds is 5. The SMILES string of the molecule is CCOC(=O)CSc1nc2ccccn2c1[N+](=O)[O-]. The van der Waals surface area contributed by atoms with E-state index in [4.69, 9.17) is 4.74 Å². The minimum absolute atomic E-state index is 0.00143. The van der Waals surface area contributed by atoms with Crippen molar-refractivity contribution in [1.29, 1.82) is 0 Å². The second kappa shape index (κ2) is 5.70. The molecule has 2 aromatic heterocycles. The summed E-state index contributed by atoms with van der Waals surface area (Å²) >= 11 is 1.00. The molecule has 0 spiro atoms. The molecular formula is C11H11N3O4S. The molecule has 0 aromatic carbocycles. The van der Waals surface area contributed by atoms with E-state index in [1.165, 1.54) is 4.40 Å². The van der Waals surface area contributed by atoms with E-state index in [1.54, 1.807) is 31.3 Å². The Morgan fingerprint density at radius 1 is 1.58 bits per heavy atom. The molecule has 0 bridgehead atoms. The Labute approximate surface area is 112 Å². The second-order valence-electron chi connectivity index (χ2n) is 3.52. The lowest BCUT2D eigenvalue weighted by molar-refractivity contribution is -0.393. The van der Waals surface area contributed by atoms with Gasteiger partial charge in [-0.3, -0.25) is 4.79 Å². The fraction of sp³-hybridized carbons (Fsp3) is 0.273. The van der Waals surface area contributed by atoms with Crippen LogP contribution in [0, 0.1) is 10.1 Å². The highest BCUT2D eigenvalue weighted by Gasteiger charge is 2.23. The van der Waals surface area contributed by atoms with Crippen molar-refractivity contribution in [2.75, 3.05) is 12.4 Å². The lowest BCUT2D eigenvalue weighted by atomic mass is 10.5. The number of ether oxygens (including phenoxy) is 1. The number of nitro groups is 1. The first-order valence-electron chi connectivity index (χ1n) is 5.53. The predicted octanol–water partition coefficient (Wildman–Crippen LogP) is 1.90. The molecule has 2 heterocycles. The van der Waals surface area contributed by atoms with Crippen molar-refractivity contribution >= 4 is 29.2 Å². The third kappa shape index (κ3) is 2.84. The van der Waals surface area contributed by atoms with E-state index < -0.39 is 10.9 Å². The second-order valence-corrected chi connectivity index (χ2v) is 4.48. The number of nitrogens with zero attached hydrogens (tertiary/aromatic N) is 3. The van der Waals surface area contributed by atoms with Gasteiger partial charge in [0.2, 0.25) is 5.65 Å². The Morgan fingerprint density at radius 2 is 2.37 bits per heavy atom. The van der Waals surface area contributed by atoms with Gasteiger partial charge in [0, 0.05) is 6.07 Å². The largest absolute Gasteiger partial charge is 0.465 e. The lowest BCUT2D eigenvalue weighted by Crippen LogP contribution is -2.06.